The van der Waals surface area contributed by atoms with E-state index in [1.54, 1.807) is 0 Å². The molecule has 0 radical (unpaired) electrons. The Balaban J connectivity index is 2.20. The van der Waals surface area contributed by atoms with Crippen LogP contribution in [0.25, 0.3) is 11.1 Å². The molecule has 0 N–H and O–H groups in total. The summed E-state index contributed by atoms with van der Waals surface area (Å²) < 4.78 is 0. The molecule has 0 atom stereocenters. The molecule has 106 valence electrons. The second-order valence-corrected chi connectivity index (χ2v) is 5.22. The fourth-order valence-corrected chi connectivity index (χ4v) is 2.47. The lowest BCUT2D eigenvalue weighted by molar-refractivity contribution is 1.54. The third-order valence-corrected chi connectivity index (χ3v) is 3.64. The maximum absolute atomic E-state index is 3.60. The molecule has 3 aromatic carbocycles. The number of benzene rings is 3. The molecule has 0 heterocycles. The van der Waals surface area contributed by atoms with E-state index in [4.69, 9.17) is 0 Å². The molecule has 0 unspecified atom stereocenters. The normalized spacial score (nSPS) is 9.86. The van der Waals surface area contributed by atoms with Crippen molar-refractivity contribution in [1.29, 1.82) is 0 Å². The standard InChI is InChI=1S/C22H18/c1-18(19-11-5-2-6-12-19)17-22(20-13-7-3-8-14-20)21-15-9-4-10-16-21/h2-16H,1H3. The summed E-state index contributed by atoms with van der Waals surface area (Å²) in [6, 6.07) is 31.3. The van der Waals surface area contributed by atoms with Gasteiger partial charge in [-0.3, -0.25) is 0 Å². The highest BCUT2D eigenvalue weighted by molar-refractivity contribution is 5.83. The van der Waals surface area contributed by atoms with Gasteiger partial charge in [-0.2, -0.15) is 0 Å². The highest BCUT2D eigenvalue weighted by Crippen LogP contribution is 2.24. The third kappa shape index (κ3) is 3.25. The largest absolute Gasteiger partial charge is 0.108 e. The summed E-state index contributed by atoms with van der Waals surface area (Å²) in [5.74, 6) is 0. The molecule has 0 nitrogen and oxygen atoms in total. The topological polar surface area (TPSA) is 0 Å². The lowest BCUT2D eigenvalue weighted by Gasteiger charge is -2.06. The lowest BCUT2D eigenvalue weighted by Crippen LogP contribution is -1.87. The van der Waals surface area contributed by atoms with Crippen molar-refractivity contribution in [2.75, 3.05) is 0 Å². The minimum Gasteiger partial charge on any atom is -0.108 e. The van der Waals surface area contributed by atoms with E-state index in [2.05, 4.69) is 85.5 Å². The molecular formula is C22H18. The average molecular weight is 282 g/mol. The first kappa shape index (κ1) is 14.1. The van der Waals surface area contributed by atoms with Crippen LogP contribution in [0.3, 0.4) is 0 Å². The van der Waals surface area contributed by atoms with Gasteiger partial charge in [0.25, 0.3) is 0 Å². The molecule has 0 fully saturated rings. The van der Waals surface area contributed by atoms with Crippen molar-refractivity contribution in [3.63, 3.8) is 0 Å². The number of allylic oxidation sites excluding steroid dienone is 1. The molecule has 0 aromatic heterocycles. The van der Waals surface area contributed by atoms with Crippen LogP contribution in [0.2, 0.25) is 0 Å². The van der Waals surface area contributed by atoms with Gasteiger partial charge < -0.3 is 0 Å². The zero-order chi connectivity index (χ0) is 15.2. The van der Waals surface area contributed by atoms with Crippen LogP contribution in [-0.4, -0.2) is 0 Å². The lowest BCUT2D eigenvalue weighted by atomic mass is 9.97. The van der Waals surface area contributed by atoms with Crippen LogP contribution in [0.5, 0.6) is 0 Å². The Morgan fingerprint density at radius 2 is 0.909 bits per heavy atom. The Kier molecular flexibility index (Phi) is 4.34. The van der Waals surface area contributed by atoms with E-state index in [1.165, 1.54) is 16.7 Å². The second kappa shape index (κ2) is 6.76. The Morgan fingerprint density at radius 3 is 1.32 bits per heavy atom. The van der Waals surface area contributed by atoms with Gasteiger partial charge in [0.1, 0.15) is 0 Å². The zero-order valence-electron chi connectivity index (χ0n) is 12.7. The highest BCUT2D eigenvalue weighted by Gasteiger charge is 2.04. The summed E-state index contributed by atoms with van der Waals surface area (Å²) in [6.07, 6.45) is 0. The van der Waals surface area contributed by atoms with Gasteiger partial charge in [-0.05, 0) is 29.2 Å². The van der Waals surface area contributed by atoms with E-state index in [-0.39, 0.29) is 0 Å². The van der Waals surface area contributed by atoms with Crippen LogP contribution in [-0.2, 0) is 0 Å². The molecule has 3 rings (SSSR count). The number of hydrogen-bond donors (Lipinski definition) is 0. The van der Waals surface area contributed by atoms with E-state index >= 15 is 0 Å². The smallest absolute Gasteiger partial charge is 0.0312 e. The molecular weight excluding hydrogens is 264 g/mol. The Labute approximate surface area is 132 Å². The van der Waals surface area contributed by atoms with Gasteiger partial charge in [-0.15, -0.1) is 5.73 Å². The molecule has 0 heteroatoms. The number of hydrogen-bond acceptors (Lipinski definition) is 0. The summed E-state index contributed by atoms with van der Waals surface area (Å²) in [4.78, 5) is 0. The molecule has 0 aliphatic heterocycles. The third-order valence-electron chi connectivity index (χ3n) is 3.64. The predicted octanol–water partition coefficient (Wildman–Crippen LogP) is 5.82. The SMILES string of the molecule is CC(=C=C(c1ccccc1)c1ccccc1)c1ccccc1. The van der Waals surface area contributed by atoms with Gasteiger partial charge >= 0.3 is 0 Å². The van der Waals surface area contributed by atoms with Crippen molar-refractivity contribution in [3.8, 4) is 0 Å². The fourth-order valence-electron chi connectivity index (χ4n) is 2.47. The molecule has 22 heavy (non-hydrogen) atoms. The summed E-state index contributed by atoms with van der Waals surface area (Å²) in [5.41, 5.74) is 9.44. The van der Waals surface area contributed by atoms with Crippen molar-refractivity contribution >= 4 is 11.1 Å². The van der Waals surface area contributed by atoms with E-state index in [1.807, 2.05) is 18.2 Å². The molecule has 0 amide bonds. The van der Waals surface area contributed by atoms with Gasteiger partial charge in [0.15, 0.2) is 0 Å². The minimum absolute atomic E-state index is 1.13. The minimum atomic E-state index is 1.13. The molecule has 0 aliphatic rings. The molecule has 0 spiro atoms. The van der Waals surface area contributed by atoms with Crippen LogP contribution in [0, 0.1) is 0 Å². The Hall–Kier alpha value is -2.82. The van der Waals surface area contributed by atoms with E-state index in [0.717, 1.165) is 11.1 Å². The van der Waals surface area contributed by atoms with E-state index < -0.39 is 0 Å². The van der Waals surface area contributed by atoms with Crippen molar-refractivity contribution in [2.45, 2.75) is 6.92 Å². The van der Waals surface area contributed by atoms with Gasteiger partial charge in [-0.25, -0.2) is 0 Å². The van der Waals surface area contributed by atoms with Crippen LogP contribution in [0.4, 0.5) is 0 Å². The van der Waals surface area contributed by atoms with Gasteiger partial charge in [0, 0.05) is 5.57 Å². The maximum atomic E-state index is 3.60. The average Bonchev–Trinajstić information content (AvgIpc) is 2.62. The van der Waals surface area contributed by atoms with Gasteiger partial charge in [-0.1, -0.05) is 91.0 Å². The number of rotatable bonds is 3. The molecule has 0 bridgehead atoms. The van der Waals surface area contributed by atoms with Crippen molar-refractivity contribution in [1.82, 2.24) is 0 Å². The summed E-state index contributed by atoms with van der Waals surface area (Å²) in [6.45, 7) is 2.11. The molecule has 0 saturated heterocycles. The van der Waals surface area contributed by atoms with Gasteiger partial charge in [0.05, 0.1) is 0 Å². The summed E-state index contributed by atoms with van der Waals surface area (Å²) in [7, 11) is 0. The molecule has 3 aromatic rings. The first-order valence-electron chi connectivity index (χ1n) is 7.48. The molecule has 0 aliphatic carbocycles. The predicted molar refractivity (Wildman–Crippen MR) is 94.4 cm³/mol. The Morgan fingerprint density at radius 1 is 0.545 bits per heavy atom. The monoisotopic (exact) mass is 282 g/mol. The summed E-state index contributed by atoms with van der Waals surface area (Å²) >= 11 is 0. The van der Waals surface area contributed by atoms with Crippen molar-refractivity contribution in [2.24, 2.45) is 0 Å². The van der Waals surface area contributed by atoms with Crippen molar-refractivity contribution in [3.05, 3.63) is 113 Å². The van der Waals surface area contributed by atoms with Crippen LogP contribution >= 0.6 is 0 Å². The summed E-state index contributed by atoms with van der Waals surface area (Å²) in [5, 5.41) is 0. The second-order valence-electron chi connectivity index (χ2n) is 5.22. The first-order chi connectivity index (χ1) is 10.8. The van der Waals surface area contributed by atoms with E-state index in [9.17, 15) is 0 Å². The first-order valence-corrected chi connectivity index (χ1v) is 7.48. The van der Waals surface area contributed by atoms with E-state index in [0.29, 0.717) is 0 Å². The maximum Gasteiger partial charge on any atom is 0.0312 e. The highest BCUT2D eigenvalue weighted by atomic mass is 14.1. The quantitative estimate of drug-likeness (QED) is 0.531. The van der Waals surface area contributed by atoms with Crippen LogP contribution < -0.4 is 0 Å². The molecule has 0 saturated carbocycles. The van der Waals surface area contributed by atoms with Crippen molar-refractivity contribution < 1.29 is 0 Å². The Bertz CT molecular complexity index is 749. The zero-order valence-corrected chi connectivity index (χ0v) is 12.7. The fraction of sp³-hybridized carbons (Fsp3) is 0.0455. The van der Waals surface area contributed by atoms with Crippen LogP contribution in [0.15, 0.2) is 96.7 Å². The van der Waals surface area contributed by atoms with Crippen LogP contribution in [0.1, 0.15) is 23.6 Å². The van der Waals surface area contributed by atoms with Gasteiger partial charge in [0.2, 0.25) is 0 Å².